The summed E-state index contributed by atoms with van der Waals surface area (Å²) in [4.78, 5) is 11.7. The van der Waals surface area contributed by atoms with Gasteiger partial charge in [0.2, 0.25) is 0 Å². The maximum absolute atomic E-state index is 11.4. The third-order valence-corrected chi connectivity index (χ3v) is 7.30. The van der Waals surface area contributed by atoms with Crippen LogP contribution in [0.2, 0.25) is 0 Å². The van der Waals surface area contributed by atoms with Gasteiger partial charge in [-0.05, 0) is 81.2 Å². The summed E-state index contributed by atoms with van der Waals surface area (Å²) < 4.78 is 0. The molecular weight excluding hydrogens is 548 g/mol. The van der Waals surface area contributed by atoms with Gasteiger partial charge >= 0.3 is 0 Å². The maximum Gasteiger partial charge on any atom is 0.151 e. The number of hydrogen-bond acceptors (Lipinski definition) is 7. The zero-order valence-corrected chi connectivity index (χ0v) is 26.3. The molecule has 0 saturated carbocycles. The first-order chi connectivity index (χ1) is 20.2. The van der Waals surface area contributed by atoms with E-state index in [0.29, 0.717) is 29.7 Å². The van der Waals surface area contributed by atoms with E-state index in [-0.39, 0.29) is 12.3 Å². The van der Waals surface area contributed by atoms with Crippen LogP contribution in [-0.4, -0.2) is 56.1 Å². The molecule has 0 spiro atoms. The van der Waals surface area contributed by atoms with E-state index < -0.39 is 12.5 Å². The number of hydrogen-bond donors (Lipinski definition) is 4. The summed E-state index contributed by atoms with van der Waals surface area (Å²) in [6.07, 6.45) is 17.5. The number of aliphatic hydroxyl groups is 3. The fraction of sp³-hybridized carbons (Fsp3) is 0.471. The van der Waals surface area contributed by atoms with Crippen LogP contribution in [0.15, 0.2) is 84.1 Å². The van der Waals surface area contributed by atoms with Gasteiger partial charge < -0.3 is 20.6 Å². The third-order valence-electron chi connectivity index (χ3n) is 7.18. The van der Waals surface area contributed by atoms with E-state index in [1.165, 1.54) is 5.57 Å². The highest BCUT2D eigenvalue weighted by atomic mass is 35.5. The van der Waals surface area contributed by atoms with E-state index in [0.717, 1.165) is 49.3 Å². The first-order valence-electron chi connectivity index (χ1n) is 14.9. The molecule has 0 bridgehead atoms. The van der Waals surface area contributed by atoms with Gasteiger partial charge in [0.15, 0.2) is 6.29 Å². The summed E-state index contributed by atoms with van der Waals surface area (Å²) in [6.45, 7) is 13.9. The number of piperidine rings is 1. The number of rotatable bonds is 14. The van der Waals surface area contributed by atoms with Crippen molar-refractivity contribution in [1.29, 1.82) is 0 Å². The van der Waals surface area contributed by atoms with Gasteiger partial charge in [-0.15, -0.1) is 0 Å². The summed E-state index contributed by atoms with van der Waals surface area (Å²) in [5.41, 5.74) is 3.49. The van der Waals surface area contributed by atoms with Crippen molar-refractivity contribution < 1.29 is 15.3 Å². The Labute approximate surface area is 257 Å². The number of aryl methyl sites for hydroxylation is 1. The van der Waals surface area contributed by atoms with Crippen molar-refractivity contribution in [1.82, 2.24) is 14.9 Å². The number of allylic oxidation sites excluding steroid dienone is 9. The molecule has 42 heavy (non-hydrogen) atoms. The van der Waals surface area contributed by atoms with Crippen molar-refractivity contribution in [2.24, 2.45) is 5.92 Å². The lowest BCUT2D eigenvalue weighted by molar-refractivity contribution is -0.0456. The summed E-state index contributed by atoms with van der Waals surface area (Å²) in [5.74, 6) is 1.01. The molecule has 1 aromatic heterocycles. The molecule has 0 amide bonds. The zero-order chi connectivity index (χ0) is 30.9. The van der Waals surface area contributed by atoms with Crippen LogP contribution < -0.4 is 5.32 Å². The van der Waals surface area contributed by atoms with Crippen LogP contribution in [0, 0.1) is 12.8 Å². The molecule has 4 N–H and O–H groups in total. The van der Waals surface area contributed by atoms with Crippen molar-refractivity contribution in [3.63, 3.8) is 0 Å². The minimum Gasteiger partial charge on any atom is -0.374 e. The van der Waals surface area contributed by atoms with Crippen LogP contribution in [0.4, 0.5) is 5.82 Å². The summed E-state index contributed by atoms with van der Waals surface area (Å²) >= 11 is 5.92. The van der Waals surface area contributed by atoms with E-state index >= 15 is 0 Å². The van der Waals surface area contributed by atoms with Crippen LogP contribution in [0.25, 0.3) is 0 Å². The van der Waals surface area contributed by atoms with Crippen LogP contribution in [0.5, 0.6) is 0 Å². The molecule has 1 aliphatic rings. The third kappa shape index (κ3) is 12.6. The van der Waals surface area contributed by atoms with E-state index in [1.54, 1.807) is 6.20 Å². The second kappa shape index (κ2) is 19.4. The Morgan fingerprint density at radius 1 is 1.21 bits per heavy atom. The summed E-state index contributed by atoms with van der Waals surface area (Å²) in [7, 11) is 0. The average Bonchev–Trinajstić information content (AvgIpc) is 2.96. The minimum atomic E-state index is -1.34. The maximum atomic E-state index is 11.4. The highest BCUT2D eigenvalue weighted by Crippen LogP contribution is 2.30. The Balaban J connectivity index is 2.33. The fourth-order valence-electron chi connectivity index (χ4n) is 4.89. The first kappa shape index (κ1) is 35.4. The second-order valence-corrected chi connectivity index (χ2v) is 11.1. The van der Waals surface area contributed by atoms with E-state index in [4.69, 9.17) is 21.6 Å². The van der Waals surface area contributed by atoms with Gasteiger partial charge in [-0.1, -0.05) is 74.5 Å². The van der Waals surface area contributed by atoms with Crippen molar-refractivity contribution in [2.75, 3.05) is 25.0 Å². The van der Waals surface area contributed by atoms with Gasteiger partial charge in [0.1, 0.15) is 12.0 Å². The molecule has 230 valence electrons. The Kier molecular flexibility index (Phi) is 16.3. The topological polar surface area (TPSA) is 102 Å². The number of anilines is 1. The van der Waals surface area contributed by atoms with Crippen LogP contribution in [0.3, 0.4) is 0 Å². The molecule has 0 aliphatic carbocycles. The number of halogens is 1. The zero-order valence-electron chi connectivity index (χ0n) is 25.6. The minimum absolute atomic E-state index is 0.0205. The first-order valence-corrected chi connectivity index (χ1v) is 15.3. The van der Waals surface area contributed by atoms with Crippen molar-refractivity contribution in [3.05, 3.63) is 101 Å². The lowest BCUT2D eigenvalue weighted by atomic mass is 9.88. The van der Waals surface area contributed by atoms with Gasteiger partial charge in [0.05, 0.1) is 5.69 Å². The quantitative estimate of drug-likeness (QED) is 0.104. The molecule has 1 fully saturated rings. The SMILES string of the molecule is C=C(Cl)/C=C\C(=C/C)C1CCN(C(O)c2cccnc(C(C)/C=C\C=C/CC)c(NCCCC(O)O)nc(C)c2)CC1. The highest BCUT2D eigenvalue weighted by molar-refractivity contribution is 6.30. The van der Waals surface area contributed by atoms with Crippen LogP contribution >= 0.6 is 11.6 Å². The predicted molar refractivity (Wildman–Crippen MR) is 174 cm³/mol. The molecular formula is C34H49ClN4O3. The molecule has 1 saturated heterocycles. The smallest absolute Gasteiger partial charge is 0.151 e. The molecule has 0 radical (unpaired) electrons. The van der Waals surface area contributed by atoms with Gasteiger partial charge in [0.25, 0.3) is 0 Å². The van der Waals surface area contributed by atoms with Crippen molar-refractivity contribution >= 4 is 17.4 Å². The number of nitrogens with one attached hydrogen (secondary N) is 1. The molecule has 2 heterocycles. The Morgan fingerprint density at radius 2 is 1.95 bits per heavy atom. The second-order valence-electron chi connectivity index (χ2n) is 10.6. The lowest BCUT2D eigenvalue weighted by Crippen LogP contribution is -2.37. The summed E-state index contributed by atoms with van der Waals surface area (Å²) in [6, 6.07) is 5.67. The molecule has 7 nitrogen and oxygen atoms in total. The van der Waals surface area contributed by atoms with E-state index in [1.807, 2.05) is 56.4 Å². The number of likely N-dealkylation sites (tertiary alicyclic amines) is 1. The van der Waals surface area contributed by atoms with Crippen molar-refractivity contribution in [3.8, 4) is 0 Å². The largest absolute Gasteiger partial charge is 0.374 e. The van der Waals surface area contributed by atoms with Gasteiger partial charge in [-0.3, -0.25) is 9.88 Å². The molecule has 1 aromatic rings. The van der Waals surface area contributed by atoms with Gasteiger partial charge in [-0.25, -0.2) is 4.98 Å². The fourth-order valence-corrected chi connectivity index (χ4v) is 4.95. The predicted octanol–water partition coefficient (Wildman–Crippen LogP) is 7.00. The van der Waals surface area contributed by atoms with Gasteiger partial charge in [-0.2, -0.15) is 0 Å². The van der Waals surface area contributed by atoms with Crippen LogP contribution in [0.1, 0.15) is 82.0 Å². The summed E-state index contributed by atoms with van der Waals surface area (Å²) in [5, 5.41) is 33.7. The highest BCUT2D eigenvalue weighted by Gasteiger charge is 2.25. The Morgan fingerprint density at radius 3 is 2.60 bits per heavy atom. The Bertz CT molecular complexity index is 1170. The lowest BCUT2D eigenvalue weighted by Gasteiger charge is -2.35. The molecule has 2 rings (SSSR count). The standard InChI is InChI=1S/C34H49ClN4O3/c1-6-8-9-10-13-25(3)32-33(37-21-12-15-31(40)41)38-27(5)24-30(14-11-20-36-32)34(42)39-22-18-29(19-23-39)28(7-2)17-16-26(4)35/h7-11,13-14,16-17,20,24-25,29,31,34,40-42H,4,6,12,15,18-19,21-23H2,1-3,5H3,(H,37,38)/b9-8-,13-10-,17-16-,28-7+. The normalized spacial score (nSPS) is 16.8. The number of aliphatic hydroxyl groups excluding tert-OH is 2. The Hall–Kier alpha value is -2.81. The molecule has 1 aliphatic heterocycles. The number of aromatic nitrogens is 2. The monoisotopic (exact) mass is 596 g/mol. The number of nitrogens with zero attached hydrogens (tertiary/aromatic N) is 3. The van der Waals surface area contributed by atoms with Gasteiger partial charge in [0, 0.05) is 42.5 Å². The molecule has 8 heteroatoms. The molecule has 2 unspecified atom stereocenters. The van der Waals surface area contributed by atoms with E-state index in [9.17, 15) is 15.3 Å². The molecule has 2 atom stereocenters. The van der Waals surface area contributed by atoms with E-state index in [2.05, 4.69) is 48.9 Å². The molecule has 0 aromatic carbocycles. The average molecular weight is 597 g/mol. The van der Waals surface area contributed by atoms with Crippen molar-refractivity contribution in [2.45, 2.75) is 78.2 Å². The van der Waals surface area contributed by atoms with Crippen LogP contribution in [-0.2, 0) is 0 Å².